The molecule has 3 rings (SSSR count). The zero-order valence-electron chi connectivity index (χ0n) is 14.2. The summed E-state index contributed by atoms with van der Waals surface area (Å²) in [5.74, 6) is -0.467. The molecule has 2 aromatic rings. The summed E-state index contributed by atoms with van der Waals surface area (Å²) < 4.78 is 13.8. The SMILES string of the molecule is Cl.Cl.O=C(NCCCN1CCNCC1)c1cnc(-c2ccccc2F)s1. The van der Waals surface area contributed by atoms with E-state index in [-0.39, 0.29) is 36.5 Å². The Kier molecular flexibility index (Phi) is 10.0. The second-order valence-electron chi connectivity index (χ2n) is 5.71. The highest BCUT2D eigenvalue weighted by Gasteiger charge is 2.14. The first-order valence-corrected chi connectivity index (χ1v) is 8.98. The van der Waals surface area contributed by atoms with Crippen LogP contribution in [0.2, 0.25) is 0 Å². The third-order valence-electron chi connectivity index (χ3n) is 3.98. The normalized spacial score (nSPS) is 14.2. The van der Waals surface area contributed by atoms with Gasteiger partial charge in [-0.3, -0.25) is 4.79 Å². The smallest absolute Gasteiger partial charge is 0.263 e. The van der Waals surface area contributed by atoms with Gasteiger partial charge in [-0.2, -0.15) is 0 Å². The molecule has 0 bridgehead atoms. The molecule has 0 unspecified atom stereocenters. The fourth-order valence-corrected chi connectivity index (χ4v) is 3.52. The monoisotopic (exact) mass is 420 g/mol. The molecule has 1 fully saturated rings. The maximum atomic E-state index is 13.8. The predicted molar refractivity (Wildman–Crippen MR) is 108 cm³/mol. The number of piperazine rings is 1. The van der Waals surface area contributed by atoms with Gasteiger partial charge in [-0.05, 0) is 25.1 Å². The molecule has 9 heteroatoms. The standard InChI is InChI=1S/C17H21FN4OS.2ClH/c18-14-5-2-1-4-13(14)17-21-12-15(24-17)16(23)20-6-3-9-22-10-7-19-8-11-22;;/h1-2,4-5,12,19H,3,6-11H2,(H,20,23);2*1H. The molecular weight excluding hydrogens is 398 g/mol. The van der Waals surface area contributed by atoms with Crippen molar-refractivity contribution in [2.24, 2.45) is 0 Å². The van der Waals surface area contributed by atoms with Gasteiger partial charge in [0.1, 0.15) is 15.7 Å². The number of amides is 1. The van der Waals surface area contributed by atoms with E-state index in [0.29, 0.717) is 22.0 Å². The van der Waals surface area contributed by atoms with Crippen LogP contribution in [0.5, 0.6) is 0 Å². The summed E-state index contributed by atoms with van der Waals surface area (Å²) in [4.78, 5) is 19.2. The van der Waals surface area contributed by atoms with Crippen LogP contribution in [0, 0.1) is 5.82 Å². The van der Waals surface area contributed by atoms with Crippen LogP contribution in [0.1, 0.15) is 16.1 Å². The minimum absolute atomic E-state index is 0. The van der Waals surface area contributed by atoms with Crippen molar-refractivity contribution in [1.29, 1.82) is 0 Å². The highest BCUT2D eigenvalue weighted by Crippen LogP contribution is 2.27. The number of carbonyl (C=O) groups excluding carboxylic acids is 1. The van der Waals surface area contributed by atoms with Crippen molar-refractivity contribution in [3.05, 3.63) is 41.2 Å². The summed E-state index contributed by atoms with van der Waals surface area (Å²) >= 11 is 1.21. The van der Waals surface area contributed by atoms with Crippen molar-refractivity contribution in [1.82, 2.24) is 20.5 Å². The molecule has 2 N–H and O–H groups in total. The van der Waals surface area contributed by atoms with Crippen LogP contribution in [0.15, 0.2) is 30.5 Å². The molecule has 1 aromatic carbocycles. The molecule has 1 aromatic heterocycles. The average molecular weight is 421 g/mol. The minimum atomic E-state index is -0.324. The van der Waals surface area contributed by atoms with Gasteiger partial charge in [-0.15, -0.1) is 36.2 Å². The Morgan fingerprint density at radius 1 is 1.27 bits per heavy atom. The van der Waals surface area contributed by atoms with Crippen molar-refractivity contribution in [3.63, 3.8) is 0 Å². The van der Waals surface area contributed by atoms with Crippen LogP contribution in [-0.2, 0) is 0 Å². The van der Waals surface area contributed by atoms with Gasteiger partial charge >= 0.3 is 0 Å². The Morgan fingerprint density at radius 2 is 2.00 bits per heavy atom. The first-order valence-electron chi connectivity index (χ1n) is 8.16. The lowest BCUT2D eigenvalue weighted by atomic mass is 10.2. The number of aromatic nitrogens is 1. The van der Waals surface area contributed by atoms with Gasteiger partial charge in [0.25, 0.3) is 5.91 Å². The summed E-state index contributed by atoms with van der Waals surface area (Å²) in [6.45, 7) is 5.82. The molecule has 1 aliphatic heterocycles. The van der Waals surface area contributed by atoms with Crippen LogP contribution in [-0.4, -0.2) is 55.1 Å². The molecule has 0 spiro atoms. The zero-order chi connectivity index (χ0) is 16.8. The van der Waals surface area contributed by atoms with Crippen LogP contribution in [0.4, 0.5) is 4.39 Å². The summed E-state index contributed by atoms with van der Waals surface area (Å²) in [7, 11) is 0. The number of halogens is 3. The molecular formula is C17H23Cl2FN4OS. The Bertz CT molecular complexity index is 695. The quantitative estimate of drug-likeness (QED) is 0.705. The first-order chi connectivity index (χ1) is 11.7. The summed E-state index contributed by atoms with van der Waals surface area (Å²) in [6.07, 6.45) is 2.43. The van der Waals surface area contributed by atoms with E-state index < -0.39 is 0 Å². The lowest BCUT2D eigenvalue weighted by Crippen LogP contribution is -2.44. The largest absolute Gasteiger partial charge is 0.351 e. The van der Waals surface area contributed by atoms with Crippen LogP contribution in [0.3, 0.4) is 0 Å². The summed E-state index contributed by atoms with van der Waals surface area (Å²) in [5.41, 5.74) is 0.431. The molecule has 1 amide bonds. The second kappa shape index (κ2) is 11.5. The second-order valence-corrected chi connectivity index (χ2v) is 6.74. The third kappa shape index (κ3) is 6.17. The van der Waals surface area contributed by atoms with Gasteiger partial charge in [-0.1, -0.05) is 12.1 Å². The number of nitrogens with one attached hydrogen (secondary N) is 2. The van der Waals surface area contributed by atoms with E-state index in [1.165, 1.54) is 23.6 Å². The van der Waals surface area contributed by atoms with Gasteiger partial charge in [0.15, 0.2) is 0 Å². The van der Waals surface area contributed by atoms with Crippen LogP contribution in [0.25, 0.3) is 10.6 Å². The maximum Gasteiger partial charge on any atom is 0.263 e. The van der Waals surface area contributed by atoms with Crippen molar-refractivity contribution in [3.8, 4) is 10.6 Å². The number of carbonyl (C=O) groups is 1. The van der Waals surface area contributed by atoms with E-state index in [9.17, 15) is 9.18 Å². The van der Waals surface area contributed by atoms with E-state index in [1.807, 2.05) is 0 Å². The van der Waals surface area contributed by atoms with Gasteiger partial charge < -0.3 is 15.5 Å². The van der Waals surface area contributed by atoms with Gasteiger partial charge in [-0.25, -0.2) is 9.37 Å². The fourth-order valence-electron chi connectivity index (χ4n) is 2.66. The van der Waals surface area contributed by atoms with Crippen molar-refractivity contribution in [2.45, 2.75) is 6.42 Å². The third-order valence-corrected chi connectivity index (χ3v) is 5.01. The van der Waals surface area contributed by atoms with E-state index >= 15 is 0 Å². The minimum Gasteiger partial charge on any atom is -0.351 e. The van der Waals surface area contributed by atoms with Crippen molar-refractivity contribution in [2.75, 3.05) is 39.3 Å². The summed E-state index contributed by atoms with van der Waals surface area (Å²) in [5, 5.41) is 6.76. The molecule has 1 saturated heterocycles. The average Bonchev–Trinajstić information content (AvgIpc) is 3.10. The van der Waals surface area contributed by atoms with E-state index in [0.717, 1.165) is 39.1 Å². The molecule has 0 aliphatic carbocycles. The topological polar surface area (TPSA) is 57.3 Å². The molecule has 0 atom stereocenters. The van der Waals surface area contributed by atoms with Gasteiger partial charge in [0, 0.05) is 38.3 Å². The number of hydrogen-bond acceptors (Lipinski definition) is 5. The fraction of sp³-hybridized carbons (Fsp3) is 0.412. The Labute approximate surface area is 169 Å². The Hall–Kier alpha value is -1.25. The van der Waals surface area contributed by atoms with E-state index in [1.54, 1.807) is 18.2 Å². The maximum absolute atomic E-state index is 13.8. The van der Waals surface area contributed by atoms with Gasteiger partial charge in [0.05, 0.1) is 6.20 Å². The van der Waals surface area contributed by atoms with Gasteiger partial charge in [0.2, 0.25) is 0 Å². The van der Waals surface area contributed by atoms with E-state index in [4.69, 9.17) is 0 Å². The molecule has 1 aliphatic rings. The molecule has 0 radical (unpaired) electrons. The number of rotatable bonds is 6. The van der Waals surface area contributed by atoms with E-state index in [2.05, 4.69) is 20.5 Å². The highest BCUT2D eigenvalue weighted by atomic mass is 35.5. The van der Waals surface area contributed by atoms with Crippen LogP contribution < -0.4 is 10.6 Å². The molecule has 144 valence electrons. The molecule has 26 heavy (non-hydrogen) atoms. The number of hydrogen-bond donors (Lipinski definition) is 2. The zero-order valence-corrected chi connectivity index (χ0v) is 16.7. The van der Waals surface area contributed by atoms with Crippen LogP contribution >= 0.6 is 36.2 Å². The number of nitrogens with zero attached hydrogens (tertiary/aromatic N) is 2. The number of benzene rings is 1. The molecule has 2 heterocycles. The number of thiazole rings is 1. The highest BCUT2D eigenvalue weighted by molar-refractivity contribution is 7.16. The Balaban J connectivity index is 0.00000169. The molecule has 5 nitrogen and oxygen atoms in total. The first kappa shape index (κ1) is 22.8. The predicted octanol–water partition coefficient (Wildman–Crippen LogP) is 2.82. The van der Waals surface area contributed by atoms with Crippen molar-refractivity contribution < 1.29 is 9.18 Å². The Morgan fingerprint density at radius 3 is 2.73 bits per heavy atom. The lowest BCUT2D eigenvalue weighted by Gasteiger charge is -2.26. The lowest BCUT2D eigenvalue weighted by molar-refractivity contribution is 0.0955. The molecule has 0 saturated carbocycles. The summed E-state index contributed by atoms with van der Waals surface area (Å²) in [6, 6.07) is 6.46. The van der Waals surface area contributed by atoms with Crippen molar-refractivity contribution >= 4 is 42.1 Å².